The lowest BCUT2D eigenvalue weighted by atomic mass is 9.69. The molecule has 4 rings (SSSR count). The molecule has 202 valence electrons. The van der Waals surface area contributed by atoms with Gasteiger partial charge in [0.2, 0.25) is 15.9 Å². The molecule has 1 saturated heterocycles. The van der Waals surface area contributed by atoms with Crippen LogP contribution in [0.3, 0.4) is 0 Å². The van der Waals surface area contributed by atoms with E-state index in [0.29, 0.717) is 32.1 Å². The molecular formula is C26H41N3O5S2. The van der Waals surface area contributed by atoms with Gasteiger partial charge in [0.25, 0.3) is 0 Å². The summed E-state index contributed by atoms with van der Waals surface area (Å²) in [6.07, 6.45) is 4.12. The predicted molar refractivity (Wildman–Crippen MR) is 143 cm³/mol. The van der Waals surface area contributed by atoms with Gasteiger partial charge in [-0.25, -0.2) is 16.8 Å². The van der Waals surface area contributed by atoms with E-state index >= 15 is 0 Å². The SMILES string of the molecule is Cc1ccccc1N1CCN(S(=O)(=O)CC23CCC(CC2NC(=O)CCCS(C)(=O)=O)C3(C)C)CC1. The van der Waals surface area contributed by atoms with Crippen LogP contribution in [0, 0.1) is 23.7 Å². The number of sulfone groups is 1. The molecule has 3 fully saturated rings. The van der Waals surface area contributed by atoms with E-state index < -0.39 is 25.3 Å². The van der Waals surface area contributed by atoms with Gasteiger partial charge in [0.15, 0.2) is 0 Å². The molecule has 1 heterocycles. The van der Waals surface area contributed by atoms with Gasteiger partial charge in [-0.15, -0.1) is 0 Å². The second kappa shape index (κ2) is 9.91. The monoisotopic (exact) mass is 539 g/mol. The molecule has 1 N–H and O–H groups in total. The van der Waals surface area contributed by atoms with Crippen molar-refractivity contribution in [3.63, 3.8) is 0 Å². The number of rotatable bonds is 9. The van der Waals surface area contributed by atoms with Crippen molar-refractivity contribution in [2.45, 2.75) is 58.9 Å². The van der Waals surface area contributed by atoms with Crippen molar-refractivity contribution in [3.8, 4) is 0 Å². The smallest absolute Gasteiger partial charge is 0.220 e. The normalized spacial score (nSPS) is 28.4. The molecule has 2 bridgehead atoms. The Labute approximate surface area is 216 Å². The molecule has 0 spiro atoms. The summed E-state index contributed by atoms with van der Waals surface area (Å²) in [5, 5.41) is 3.13. The number of nitrogens with one attached hydrogen (secondary N) is 1. The van der Waals surface area contributed by atoms with Crippen molar-refractivity contribution in [3.05, 3.63) is 29.8 Å². The first kappa shape index (κ1) is 27.4. The van der Waals surface area contributed by atoms with Crippen LogP contribution in [-0.2, 0) is 24.7 Å². The number of para-hydroxylation sites is 1. The number of hydrogen-bond acceptors (Lipinski definition) is 6. The first-order valence-corrected chi connectivity index (χ1v) is 16.7. The molecule has 1 aromatic rings. The van der Waals surface area contributed by atoms with Crippen LogP contribution in [0.15, 0.2) is 24.3 Å². The maximum atomic E-state index is 13.8. The molecule has 8 nitrogen and oxygen atoms in total. The van der Waals surface area contributed by atoms with E-state index in [1.807, 2.05) is 12.1 Å². The average molecular weight is 540 g/mol. The Morgan fingerprint density at radius 3 is 2.36 bits per heavy atom. The fourth-order valence-electron chi connectivity index (χ4n) is 6.93. The van der Waals surface area contributed by atoms with Gasteiger partial charge < -0.3 is 10.2 Å². The van der Waals surface area contributed by atoms with E-state index in [9.17, 15) is 21.6 Å². The summed E-state index contributed by atoms with van der Waals surface area (Å²) >= 11 is 0. The summed E-state index contributed by atoms with van der Waals surface area (Å²) in [5.74, 6) is 0.206. The predicted octanol–water partition coefficient (Wildman–Crippen LogP) is 2.58. The molecule has 1 aliphatic heterocycles. The van der Waals surface area contributed by atoms with Crippen LogP contribution in [0.1, 0.15) is 51.5 Å². The molecule has 36 heavy (non-hydrogen) atoms. The molecular weight excluding hydrogens is 498 g/mol. The third-order valence-corrected chi connectivity index (χ3v) is 12.3. The van der Waals surface area contributed by atoms with Crippen LogP contribution in [0.5, 0.6) is 0 Å². The number of carbonyl (C=O) groups is 1. The zero-order chi connectivity index (χ0) is 26.4. The van der Waals surface area contributed by atoms with Gasteiger partial charge in [0, 0.05) is 56.0 Å². The Morgan fingerprint density at radius 1 is 1.08 bits per heavy atom. The maximum absolute atomic E-state index is 13.8. The molecule has 10 heteroatoms. The van der Waals surface area contributed by atoms with Crippen LogP contribution < -0.4 is 10.2 Å². The van der Waals surface area contributed by atoms with Crippen LogP contribution in [-0.4, -0.2) is 77.0 Å². The maximum Gasteiger partial charge on any atom is 0.220 e. The minimum atomic E-state index is -3.53. The van der Waals surface area contributed by atoms with Crippen molar-refractivity contribution in [2.75, 3.05) is 48.8 Å². The fraction of sp³-hybridized carbons (Fsp3) is 0.731. The van der Waals surface area contributed by atoms with Gasteiger partial charge in [0.1, 0.15) is 9.84 Å². The van der Waals surface area contributed by atoms with E-state index in [1.54, 1.807) is 4.31 Å². The van der Waals surface area contributed by atoms with Crippen LogP contribution in [0.4, 0.5) is 5.69 Å². The average Bonchev–Trinajstić information content (AvgIpc) is 3.13. The molecule has 0 radical (unpaired) electrons. The number of piperazine rings is 1. The molecule has 2 aliphatic carbocycles. The van der Waals surface area contributed by atoms with Gasteiger partial charge in [0.05, 0.1) is 11.5 Å². The van der Waals surface area contributed by atoms with E-state index in [2.05, 4.69) is 43.1 Å². The number of carbonyl (C=O) groups excluding carboxylic acids is 1. The van der Waals surface area contributed by atoms with Crippen molar-refractivity contribution < 1.29 is 21.6 Å². The van der Waals surface area contributed by atoms with E-state index in [0.717, 1.165) is 24.9 Å². The van der Waals surface area contributed by atoms with Gasteiger partial charge in [-0.3, -0.25) is 4.79 Å². The third-order valence-electron chi connectivity index (χ3n) is 9.21. The zero-order valence-electron chi connectivity index (χ0n) is 22.0. The quantitative estimate of drug-likeness (QED) is 0.517. The first-order chi connectivity index (χ1) is 16.8. The van der Waals surface area contributed by atoms with E-state index in [-0.39, 0.29) is 41.7 Å². The number of sulfonamides is 1. The highest BCUT2D eigenvalue weighted by molar-refractivity contribution is 7.90. The molecule has 3 aliphatic rings. The number of fused-ring (bicyclic) bond motifs is 2. The van der Waals surface area contributed by atoms with E-state index in [4.69, 9.17) is 0 Å². The molecule has 3 unspecified atom stereocenters. The minimum absolute atomic E-state index is 0.0206. The van der Waals surface area contributed by atoms with Gasteiger partial charge in [-0.05, 0) is 55.6 Å². The number of benzene rings is 1. The summed E-state index contributed by atoms with van der Waals surface area (Å²) in [6, 6.07) is 7.98. The Balaban J connectivity index is 1.44. The lowest BCUT2D eigenvalue weighted by Crippen LogP contribution is -2.56. The highest BCUT2D eigenvalue weighted by atomic mass is 32.2. The number of anilines is 1. The highest BCUT2D eigenvalue weighted by Crippen LogP contribution is 2.66. The van der Waals surface area contributed by atoms with Gasteiger partial charge in [-0.2, -0.15) is 4.31 Å². The summed E-state index contributed by atoms with van der Waals surface area (Å²) in [6.45, 7) is 8.62. The number of nitrogens with zero attached hydrogens (tertiary/aromatic N) is 2. The zero-order valence-corrected chi connectivity index (χ0v) is 23.6. The van der Waals surface area contributed by atoms with Gasteiger partial charge >= 0.3 is 0 Å². The van der Waals surface area contributed by atoms with Crippen molar-refractivity contribution in [1.29, 1.82) is 0 Å². The van der Waals surface area contributed by atoms with Crippen molar-refractivity contribution in [1.82, 2.24) is 9.62 Å². The largest absolute Gasteiger partial charge is 0.369 e. The summed E-state index contributed by atoms with van der Waals surface area (Å²) < 4.78 is 52.0. The molecule has 0 aromatic heterocycles. The highest BCUT2D eigenvalue weighted by Gasteiger charge is 2.65. The molecule has 1 aromatic carbocycles. The molecule has 1 amide bonds. The Bertz CT molecular complexity index is 1190. The third kappa shape index (κ3) is 5.31. The lowest BCUT2D eigenvalue weighted by molar-refractivity contribution is -0.122. The standard InChI is InChI=1S/C26H41N3O5S2/c1-20-8-5-6-9-22(20)28-13-15-29(16-14-28)36(33,34)19-26-12-11-21(25(26,2)3)18-23(26)27-24(30)10-7-17-35(4,31)32/h5-6,8-9,21,23H,7,10-19H2,1-4H3,(H,27,30). The summed E-state index contributed by atoms with van der Waals surface area (Å²) in [5.41, 5.74) is 1.62. The lowest BCUT2D eigenvalue weighted by Gasteiger charge is -2.44. The molecule has 2 saturated carbocycles. The fourth-order valence-corrected chi connectivity index (χ4v) is 9.87. The second-order valence-corrected chi connectivity index (χ2v) is 15.9. The number of hydrogen-bond donors (Lipinski definition) is 1. The van der Waals surface area contributed by atoms with Crippen LogP contribution in [0.25, 0.3) is 0 Å². The Morgan fingerprint density at radius 2 is 1.75 bits per heavy atom. The first-order valence-electron chi connectivity index (χ1n) is 13.0. The Hall–Kier alpha value is -1.65. The van der Waals surface area contributed by atoms with Crippen molar-refractivity contribution in [2.24, 2.45) is 16.7 Å². The number of aryl methyl sites for hydroxylation is 1. The van der Waals surface area contributed by atoms with Gasteiger partial charge in [-0.1, -0.05) is 32.0 Å². The van der Waals surface area contributed by atoms with Crippen LogP contribution >= 0.6 is 0 Å². The molecule has 3 atom stereocenters. The van der Waals surface area contributed by atoms with E-state index in [1.165, 1.54) is 11.8 Å². The minimum Gasteiger partial charge on any atom is -0.369 e. The van der Waals surface area contributed by atoms with Crippen molar-refractivity contribution >= 4 is 31.5 Å². The van der Waals surface area contributed by atoms with Crippen LogP contribution in [0.2, 0.25) is 0 Å². The summed E-state index contributed by atoms with van der Waals surface area (Å²) in [4.78, 5) is 15.0. The Kier molecular flexibility index (Phi) is 7.54. The second-order valence-electron chi connectivity index (χ2n) is 11.6. The number of amides is 1. The summed E-state index contributed by atoms with van der Waals surface area (Å²) in [7, 11) is -6.64. The topological polar surface area (TPSA) is 104 Å².